The average molecular weight is 362 g/mol. The van der Waals surface area contributed by atoms with Gasteiger partial charge in [0.25, 0.3) is 0 Å². The van der Waals surface area contributed by atoms with Gasteiger partial charge in [-0.15, -0.1) is 0 Å². The van der Waals surface area contributed by atoms with Crippen molar-refractivity contribution >= 4 is 17.5 Å². The van der Waals surface area contributed by atoms with Crippen LogP contribution in [-0.2, 0) is 6.54 Å². The zero-order chi connectivity index (χ0) is 19.2. The number of hydrogen-bond acceptors (Lipinski definition) is 5. The van der Waals surface area contributed by atoms with Crippen molar-refractivity contribution in [1.29, 1.82) is 0 Å². The first-order chi connectivity index (χ1) is 13.0. The molecule has 2 aromatic carbocycles. The van der Waals surface area contributed by atoms with Gasteiger partial charge in [0, 0.05) is 24.0 Å². The lowest BCUT2D eigenvalue weighted by Gasteiger charge is -2.12. The van der Waals surface area contributed by atoms with E-state index in [-0.39, 0.29) is 6.10 Å². The lowest BCUT2D eigenvalue weighted by molar-refractivity contribution is 0.242. The van der Waals surface area contributed by atoms with Crippen molar-refractivity contribution in [2.75, 3.05) is 10.6 Å². The third kappa shape index (κ3) is 5.71. The highest BCUT2D eigenvalue weighted by molar-refractivity contribution is 5.56. The number of hydrogen-bond donors (Lipinski definition) is 2. The first-order valence-corrected chi connectivity index (χ1v) is 9.17. The van der Waals surface area contributed by atoms with Crippen LogP contribution < -0.4 is 15.4 Å². The zero-order valence-electron chi connectivity index (χ0n) is 16.3. The predicted molar refractivity (Wildman–Crippen MR) is 111 cm³/mol. The topological polar surface area (TPSA) is 59.1 Å². The van der Waals surface area contributed by atoms with Crippen LogP contribution in [0.5, 0.6) is 5.75 Å². The highest BCUT2D eigenvalue weighted by atomic mass is 16.5. The zero-order valence-corrected chi connectivity index (χ0v) is 16.3. The van der Waals surface area contributed by atoms with Gasteiger partial charge in [-0.2, -0.15) is 4.98 Å². The molecule has 0 radical (unpaired) electrons. The van der Waals surface area contributed by atoms with Gasteiger partial charge in [0.2, 0.25) is 5.95 Å². The van der Waals surface area contributed by atoms with Gasteiger partial charge < -0.3 is 15.4 Å². The largest absolute Gasteiger partial charge is 0.491 e. The van der Waals surface area contributed by atoms with Crippen LogP contribution in [0, 0.1) is 13.8 Å². The number of benzene rings is 2. The number of nitrogens with one attached hydrogen (secondary N) is 2. The van der Waals surface area contributed by atoms with E-state index in [4.69, 9.17) is 4.74 Å². The molecular formula is C22H26N4O. The Hall–Kier alpha value is -3.08. The summed E-state index contributed by atoms with van der Waals surface area (Å²) < 4.78 is 5.67. The summed E-state index contributed by atoms with van der Waals surface area (Å²) >= 11 is 0. The molecule has 1 heterocycles. The van der Waals surface area contributed by atoms with Crippen LogP contribution in [0.25, 0.3) is 0 Å². The second-order valence-corrected chi connectivity index (χ2v) is 6.87. The summed E-state index contributed by atoms with van der Waals surface area (Å²) in [7, 11) is 0. The highest BCUT2D eigenvalue weighted by Gasteiger charge is 2.04. The van der Waals surface area contributed by atoms with E-state index in [0.717, 1.165) is 29.5 Å². The third-order valence-electron chi connectivity index (χ3n) is 3.93. The van der Waals surface area contributed by atoms with Crippen LogP contribution in [-0.4, -0.2) is 16.1 Å². The fraction of sp³-hybridized carbons (Fsp3) is 0.273. The molecule has 0 bridgehead atoms. The summed E-state index contributed by atoms with van der Waals surface area (Å²) in [6.07, 6.45) is 0.158. The van der Waals surface area contributed by atoms with E-state index < -0.39 is 0 Å². The van der Waals surface area contributed by atoms with Crippen molar-refractivity contribution in [3.8, 4) is 5.75 Å². The molecule has 5 nitrogen and oxygen atoms in total. The molecule has 0 aliphatic rings. The minimum Gasteiger partial charge on any atom is -0.491 e. The van der Waals surface area contributed by atoms with Gasteiger partial charge in [-0.1, -0.05) is 29.8 Å². The van der Waals surface area contributed by atoms with E-state index >= 15 is 0 Å². The highest BCUT2D eigenvalue weighted by Crippen LogP contribution is 2.20. The first-order valence-electron chi connectivity index (χ1n) is 9.17. The molecule has 0 fully saturated rings. The summed E-state index contributed by atoms with van der Waals surface area (Å²) in [5.41, 5.74) is 4.29. The monoisotopic (exact) mass is 362 g/mol. The first kappa shape index (κ1) is 18.7. The van der Waals surface area contributed by atoms with E-state index in [2.05, 4.69) is 51.8 Å². The van der Waals surface area contributed by atoms with Crippen LogP contribution in [0.3, 0.4) is 0 Å². The van der Waals surface area contributed by atoms with Gasteiger partial charge in [0.1, 0.15) is 11.6 Å². The number of nitrogens with zero attached hydrogens (tertiary/aromatic N) is 2. The maximum Gasteiger partial charge on any atom is 0.229 e. The van der Waals surface area contributed by atoms with E-state index in [9.17, 15) is 0 Å². The smallest absolute Gasteiger partial charge is 0.229 e. The predicted octanol–water partition coefficient (Wildman–Crippen LogP) is 5.24. The standard InChI is InChI=1S/C22H26N4O/c1-15(2)27-20-11-9-19(10-12-20)25-22-24-17(4)13-21(26-22)23-14-18-7-5-16(3)6-8-18/h5-13,15H,14H2,1-4H3,(H2,23,24,25,26). The number of aromatic nitrogens is 2. The molecule has 3 rings (SSSR count). The Morgan fingerprint density at radius 3 is 2.30 bits per heavy atom. The molecule has 27 heavy (non-hydrogen) atoms. The van der Waals surface area contributed by atoms with Crippen molar-refractivity contribution in [2.45, 2.75) is 40.3 Å². The Balaban J connectivity index is 1.66. The van der Waals surface area contributed by atoms with Gasteiger partial charge >= 0.3 is 0 Å². The number of anilines is 3. The van der Waals surface area contributed by atoms with E-state index in [0.29, 0.717) is 5.95 Å². The Bertz CT molecular complexity index is 874. The minimum atomic E-state index is 0.158. The molecule has 3 aromatic rings. The molecule has 2 N–H and O–H groups in total. The van der Waals surface area contributed by atoms with Gasteiger partial charge in [-0.05, 0) is 57.5 Å². The number of aryl methyl sites for hydroxylation is 2. The maximum absolute atomic E-state index is 5.67. The maximum atomic E-state index is 5.67. The van der Waals surface area contributed by atoms with Crippen LogP contribution >= 0.6 is 0 Å². The van der Waals surface area contributed by atoms with Crippen LogP contribution in [0.4, 0.5) is 17.5 Å². The molecule has 0 saturated carbocycles. The second kappa shape index (κ2) is 8.54. The summed E-state index contributed by atoms with van der Waals surface area (Å²) in [6, 6.07) is 18.2. The van der Waals surface area contributed by atoms with Crippen LogP contribution in [0.2, 0.25) is 0 Å². The van der Waals surface area contributed by atoms with Crippen molar-refractivity contribution in [3.05, 3.63) is 71.4 Å². The third-order valence-corrected chi connectivity index (χ3v) is 3.93. The van der Waals surface area contributed by atoms with Crippen molar-refractivity contribution < 1.29 is 4.74 Å². The molecule has 0 unspecified atom stereocenters. The Morgan fingerprint density at radius 1 is 0.926 bits per heavy atom. The minimum absolute atomic E-state index is 0.158. The summed E-state index contributed by atoms with van der Waals surface area (Å²) in [6.45, 7) is 8.79. The SMILES string of the molecule is Cc1ccc(CNc2cc(C)nc(Nc3ccc(OC(C)C)cc3)n2)cc1. The average Bonchev–Trinajstić information content (AvgIpc) is 2.62. The number of ether oxygens (including phenoxy) is 1. The molecular weight excluding hydrogens is 336 g/mol. The van der Waals surface area contributed by atoms with Gasteiger partial charge in [-0.25, -0.2) is 4.98 Å². The molecule has 140 valence electrons. The van der Waals surface area contributed by atoms with Crippen LogP contribution in [0.1, 0.15) is 30.7 Å². The molecule has 0 aliphatic heterocycles. The van der Waals surface area contributed by atoms with Crippen molar-refractivity contribution in [3.63, 3.8) is 0 Å². The molecule has 1 aromatic heterocycles. The van der Waals surface area contributed by atoms with Gasteiger partial charge in [0.05, 0.1) is 6.10 Å². The molecule has 0 amide bonds. The normalized spacial score (nSPS) is 10.7. The summed E-state index contributed by atoms with van der Waals surface area (Å²) in [5.74, 6) is 2.21. The molecule has 0 aliphatic carbocycles. The quantitative estimate of drug-likeness (QED) is 0.602. The van der Waals surface area contributed by atoms with E-state index in [1.807, 2.05) is 51.1 Å². The Labute approximate surface area is 160 Å². The summed E-state index contributed by atoms with van der Waals surface area (Å²) in [4.78, 5) is 9.04. The van der Waals surface area contributed by atoms with Crippen molar-refractivity contribution in [1.82, 2.24) is 9.97 Å². The second-order valence-electron chi connectivity index (χ2n) is 6.87. The number of rotatable bonds is 7. The van der Waals surface area contributed by atoms with E-state index in [1.54, 1.807) is 0 Å². The Kier molecular flexibility index (Phi) is 5.91. The molecule has 0 saturated heterocycles. The Morgan fingerprint density at radius 2 is 1.63 bits per heavy atom. The lowest BCUT2D eigenvalue weighted by atomic mass is 10.1. The fourth-order valence-corrected chi connectivity index (χ4v) is 2.63. The summed E-state index contributed by atoms with van der Waals surface area (Å²) in [5, 5.41) is 6.62. The lowest BCUT2D eigenvalue weighted by Crippen LogP contribution is -2.06. The fourth-order valence-electron chi connectivity index (χ4n) is 2.63. The van der Waals surface area contributed by atoms with Gasteiger partial charge in [0.15, 0.2) is 0 Å². The molecule has 5 heteroatoms. The molecule has 0 atom stereocenters. The van der Waals surface area contributed by atoms with E-state index in [1.165, 1.54) is 11.1 Å². The van der Waals surface area contributed by atoms with Gasteiger partial charge in [-0.3, -0.25) is 0 Å². The molecule has 0 spiro atoms. The van der Waals surface area contributed by atoms with Crippen molar-refractivity contribution in [2.24, 2.45) is 0 Å². The van der Waals surface area contributed by atoms with Crippen LogP contribution in [0.15, 0.2) is 54.6 Å².